The van der Waals surface area contributed by atoms with Gasteiger partial charge < -0.3 is 45.1 Å². The van der Waals surface area contributed by atoms with E-state index in [0.29, 0.717) is 12.8 Å². The summed E-state index contributed by atoms with van der Waals surface area (Å²) < 4.78 is 17.7. The molecule has 0 aromatic carbocycles. The largest absolute Gasteiger partial charge is 0.454 e. The van der Waals surface area contributed by atoms with Gasteiger partial charge in [0.15, 0.2) is 12.4 Å². The molecular formula is C75H133NO10. The van der Waals surface area contributed by atoms with Crippen molar-refractivity contribution in [2.45, 2.75) is 365 Å². The minimum Gasteiger partial charge on any atom is -0.454 e. The van der Waals surface area contributed by atoms with Crippen LogP contribution in [0.2, 0.25) is 0 Å². The molecule has 498 valence electrons. The number of carbonyl (C=O) groups excluding carboxylic acids is 2. The minimum absolute atomic E-state index is 0.119. The van der Waals surface area contributed by atoms with E-state index < -0.39 is 67.4 Å². The highest BCUT2D eigenvalue weighted by Crippen LogP contribution is 2.26. The van der Waals surface area contributed by atoms with E-state index in [1.807, 2.05) is 6.08 Å². The Morgan fingerprint density at radius 3 is 1.22 bits per heavy atom. The molecule has 1 aliphatic rings. The molecule has 1 amide bonds. The average Bonchev–Trinajstić information content (AvgIpc) is 2.65. The average molecular weight is 1210 g/mol. The zero-order valence-electron chi connectivity index (χ0n) is 55.4. The van der Waals surface area contributed by atoms with Gasteiger partial charge in [-0.15, -0.1) is 0 Å². The molecule has 1 rings (SSSR count). The molecule has 0 radical (unpaired) electrons. The van der Waals surface area contributed by atoms with Gasteiger partial charge in [-0.2, -0.15) is 0 Å². The number of nitrogens with one attached hydrogen (secondary N) is 1. The Balaban J connectivity index is 2.56. The van der Waals surface area contributed by atoms with Crippen LogP contribution in [0.1, 0.15) is 316 Å². The fourth-order valence-electron chi connectivity index (χ4n) is 10.8. The predicted octanol–water partition coefficient (Wildman–Crippen LogP) is 18.5. The molecule has 0 aliphatic carbocycles. The summed E-state index contributed by atoms with van der Waals surface area (Å²) >= 11 is 0. The van der Waals surface area contributed by atoms with E-state index in [9.17, 15) is 35.1 Å². The topological polar surface area (TPSA) is 175 Å². The van der Waals surface area contributed by atoms with Crippen LogP contribution in [0.5, 0.6) is 0 Å². The number of amides is 1. The lowest BCUT2D eigenvalue weighted by molar-refractivity contribution is -0.305. The lowest BCUT2D eigenvalue weighted by atomic mass is 9.99. The van der Waals surface area contributed by atoms with Gasteiger partial charge in [-0.1, -0.05) is 292 Å². The molecular weight excluding hydrogens is 1070 g/mol. The fraction of sp³-hybridized carbons (Fsp3) is 0.787. The third-order valence-electron chi connectivity index (χ3n) is 16.5. The zero-order valence-corrected chi connectivity index (χ0v) is 55.4. The second-order valence-electron chi connectivity index (χ2n) is 24.6. The van der Waals surface area contributed by atoms with E-state index in [1.54, 1.807) is 6.08 Å². The number of hydrogen-bond acceptors (Lipinski definition) is 10. The molecule has 8 unspecified atom stereocenters. The van der Waals surface area contributed by atoms with Crippen molar-refractivity contribution in [3.8, 4) is 0 Å². The second-order valence-corrected chi connectivity index (χ2v) is 24.6. The van der Waals surface area contributed by atoms with Crippen molar-refractivity contribution in [1.82, 2.24) is 5.32 Å². The van der Waals surface area contributed by atoms with Crippen LogP contribution in [0.4, 0.5) is 0 Å². The quantitative estimate of drug-likeness (QED) is 0.0195. The minimum atomic E-state index is -1.62. The van der Waals surface area contributed by atoms with Gasteiger partial charge in [0.2, 0.25) is 5.91 Å². The molecule has 0 spiro atoms. The maximum atomic E-state index is 13.5. The molecule has 86 heavy (non-hydrogen) atoms. The summed E-state index contributed by atoms with van der Waals surface area (Å²) in [5.41, 5.74) is 0. The lowest BCUT2D eigenvalue weighted by Crippen LogP contribution is -2.61. The Kier molecular flexibility index (Phi) is 58.3. The number of unbranched alkanes of at least 4 members (excludes halogenated alkanes) is 35. The summed E-state index contributed by atoms with van der Waals surface area (Å²) in [6.07, 6.45) is 71.9. The summed E-state index contributed by atoms with van der Waals surface area (Å²) in [6, 6.07) is -1.03. The number of ether oxygens (including phenoxy) is 3. The Bertz CT molecular complexity index is 1720. The molecule has 6 N–H and O–H groups in total. The Morgan fingerprint density at radius 1 is 0.453 bits per heavy atom. The third-order valence-corrected chi connectivity index (χ3v) is 16.5. The van der Waals surface area contributed by atoms with E-state index in [4.69, 9.17) is 14.2 Å². The summed E-state index contributed by atoms with van der Waals surface area (Å²) in [4.78, 5) is 26.7. The van der Waals surface area contributed by atoms with Crippen LogP contribution in [-0.2, 0) is 23.8 Å². The van der Waals surface area contributed by atoms with Gasteiger partial charge in [0.25, 0.3) is 0 Å². The first-order valence-corrected chi connectivity index (χ1v) is 35.9. The number of aliphatic hydroxyl groups is 5. The second kappa shape index (κ2) is 62.1. The van der Waals surface area contributed by atoms with Crippen molar-refractivity contribution in [2.75, 3.05) is 13.2 Å². The number of allylic oxidation sites excluding steroid dienone is 13. The SMILES string of the molecule is CCCCC/C=C\C/C=C\C/C=C\CCCCCCCCCCCCCCCCC(=O)OC1C(OCC(NC(=O)C(O)CCCCCCC/C=C\C/C=C\C/C=C\CCCCC)C(O)/C=C/CCCCCCCCCCCC)OC(CO)C(O)C1O. The number of aliphatic hydroxyl groups excluding tert-OH is 5. The molecule has 1 heterocycles. The first-order valence-electron chi connectivity index (χ1n) is 35.9. The fourth-order valence-corrected chi connectivity index (χ4v) is 10.8. The van der Waals surface area contributed by atoms with Crippen molar-refractivity contribution in [2.24, 2.45) is 0 Å². The standard InChI is InChI=1S/C75H133NO10/c1-4-7-10-13-16-19-22-25-27-29-31-32-33-34-35-36-37-38-39-41-43-45-48-51-54-57-60-63-70(80)86-73-72(82)71(81)69(64-77)85-75(73)84-65-66(67(78)61-58-55-52-49-46-24-21-18-15-12-9-6-3)76-74(83)68(79)62-59-56-53-50-47-44-42-40-30-28-26-23-20-17-14-11-8-5-2/h16-17,19-20,25-28,31-32,40,42,58,61,66-69,71-73,75,77-79,81-82H,4-15,18,21-24,29-30,33-39,41,43-57,59-60,62-65H2,1-3H3,(H,76,83)/b19-16-,20-17-,27-25-,28-26-,32-31-,42-40-,61-58+. The van der Waals surface area contributed by atoms with Crippen LogP contribution < -0.4 is 5.32 Å². The van der Waals surface area contributed by atoms with Crippen molar-refractivity contribution in [3.05, 3.63) is 85.1 Å². The Hall–Kier alpha value is -3.16. The van der Waals surface area contributed by atoms with Gasteiger partial charge in [0.1, 0.15) is 24.4 Å². The highest BCUT2D eigenvalue weighted by atomic mass is 16.7. The van der Waals surface area contributed by atoms with Gasteiger partial charge in [-0.3, -0.25) is 9.59 Å². The van der Waals surface area contributed by atoms with E-state index >= 15 is 0 Å². The molecule has 11 nitrogen and oxygen atoms in total. The number of rotatable bonds is 61. The molecule has 8 atom stereocenters. The van der Waals surface area contributed by atoms with E-state index in [-0.39, 0.29) is 19.4 Å². The van der Waals surface area contributed by atoms with Crippen LogP contribution >= 0.6 is 0 Å². The van der Waals surface area contributed by atoms with Crippen molar-refractivity contribution >= 4 is 11.9 Å². The van der Waals surface area contributed by atoms with Gasteiger partial charge in [0, 0.05) is 6.42 Å². The summed E-state index contributed by atoms with van der Waals surface area (Å²) in [7, 11) is 0. The first kappa shape index (κ1) is 80.9. The van der Waals surface area contributed by atoms with Gasteiger partial charge in [-0.05, 0) is 103 Å². The maximum Gasteiger partial charge on any atom is 0.306 e. The van der Waals surface area contributed by atoms with Gasteiger partial charge >= 0.3 is 5.97 Å². The smallest absolute Gasteiger partial charge is 0.306 e. The van der Waals surface area contributed by atoms with Crippen LogP contribution in [0.3, 0.4) is 0 Å². The zero-order chi connectivity index (χ0) is 62.4. The van der Waals surface area contributed by atoms with Gasteiger partial charge in [-0.25, -0.2) is 0 Å². The lowest BCUT2D eigenvalue weighted by Gasteiger charge is -2.41. The summed E-state index contributed by atoms with van der Waals surface area (Å²) in [6.45, 7) is 5.75. The van der Waals surface area contributed by atoms with Crippen LogP contribution in [-0.4, -0.2) is 99.6 Å². The van der Waals surface area contributed by atoms with Crippen molar-refractivity contribution in [1.29, 1.82) is 0 Å². The van der Waals surface area contributed by atoms with E-state index in [2.05, 4.69) is 99.0 Å². The maximum absolute atomic E-state index is 13.5. The first-order chi connectivity index (χ1) is 42.2. The molecule has 1 aliphatic heterocycles. The molecule has 0 saturated carbocycles. The number of hydrogen-bond donors (Lipinski definition) is 6. The Labute approximate surface area is 527 Å². The summed E-state index contributed by atoms with van der Waals surface area (Å²) in [5, 5.41) is 57.2. The van der Waals surface area contributed by atoms with Crippen LogP contribution in [0, 0.1) is 0 Å². The Morgan fingerprint density at radius 2 is 0.802 bits per heavy atom. The molecule has 0 aromatic heterocycles. The van der Waals surface area contributed by atoms with Crippen LogP contribution in [0.15, 0.2) is 85.1 Å². The number of carbonyl (C=O) groups is 2. The molecule has 0 bridgehead atoms. The molecule has 1 fully saturated rings. The molecule has 0 aromatic rings. The van der Waals surface area contributed by atoms with Crippen molar-refractivity contribution in [3.63, 3.8) is 0 Å². The van der Waals surface area contributed by atoms with E-state index in [1.165, 1.54) is 173 Å². The predicted molar refractivity (Wildman–Crippen MR) is 361 cm³/mol. The third kappa shape index (κ3) is 48.7. The van der Waals surface area contributed by atoms with Crippen LogP contribution in [0.25, 0.3) is 0 Å². The highest BCUT2D eigenvalue weighted by Gasteiger charge is 2.47. The normalized spacial score (nSPS) is 18.8. The monoisotopic (exact) mass is 1210 g/mol. The summed E-state index contributed by atoms with van der Waals surface area (Å²) in [5.74, 6) is -1.20. The molecule has 1 saturated heterocycles. The van der Waals surface area contributed by atoms with Crippen molar-refractivity contribution < 1.29 is 49.3 Å². The number of esters is 1. The molecule has 11 heteroatoms. The van der Waals surface area contributed by atoms with Gasteiger partial charge in [0.05, 0.1) is 25.4 Å². The highest BCUT2D eigenvalue weighted by molar-refractivity contribution is 5.80. The van der Waals surface area contributed by atoms with E-state index in [0.717, 1.165) is 96.3 Å².